The Bertz CT molecular complexity index is 853. The number of benzene rings is 1. The molecule has 3 aromatic rings. The second-order valence-corrected chi connectivity index (χ2v) is 5.66. The molecule has 0 amide bonds. The molecule has 4 rings (SSSR count). The Hall–Kier alpha value is -2.93. The number of fused-ring (bicyclic) bond motifs is 1. The Morgan fingerprint density at radius 3 is 2.46 bits per heavy atom. The smallest absolute Gasteiger partial charge is 0.306 e. The molecule has 0 bridgehead atoms. The van der Waals surface area contributed by atoms with Gasteiger partial charge in [0.05, 0.1) is 11.6 Å². The molecule has 1 fully saturated rings. The van der Waals surface area contributed by atoms with Gasteiger partial charge in [0.15, 0.2) is 5.65 Å². The first-order valence-electron chi connectivity index (χ1n) is 7.72. The molecule has 0 unspecified atom stereocenters. The number of carboxylic acids is 1. The number of carbonyl (C=O) groups is 1. The van der Waals surface area contributed by atoms with Crippen LogP contribution in [0.2, 0.25) is 0 Å². The number of hydrogen-bond donors (Lipinski definition) is 3. The van der Waals surface area contributed by atoms with E-state index in [1.165, 1.54) is 0 Å². The predicted molar refractivity (Wildman–Crippen MR) is 91.1 cm³/mol. The highest BCUT2D eigenvalue weighted by molar-refractivity contribution is 5.72. The summed E-state index contributed by atoms with van der Waals surface area (Å²) in [5, 5.41) is 12.2. The zero-order valence-corrected chi connectivity index (χ0v) is 13.1. The number of carboxylic acid groups (broad SMARTS) is 1. The molecule has 1 aliphatic carbocycles. The minimum atomic E-state index is -0.630. The summed E-state index contributed by atoms with van der Waals surface area (Å²) in [6, 6.07) is 13.9. The van der Waals surface area contributed by atoms with Gasteiger partial charge in [0, 0.05) is 12.1 Å². The van der Waals surface area contributed by atoms with E-state index in [9.17, 15) is 4.79 Å². The third-order valence-corrected chi connectivity index (χ3v) is 3.79. The van der Waals surface area contributed by atoms with Crippen LogP contribution in [0.15, 0.2) is 42.5 Å². The predicted octanol–water partition coefficient (Wildman–Crippen LogP) is 1.92. The van der Waals surface area contributed by atoms with Gasteiger partial charge in [0.1, 0.15) is 0 Å². The van der Waals surface area contributed by atoms with Crippen LogP contribution in [0.1, 0.15) is 18.4 Å². The monoisotopic (exact) mass is 325 g/mol. The van der Waals surface area contributed by atoms with Crippen LogP contribution in [0.3, 0.4) is 0 Å². The van der Waals surface area contributed by atoms with Gasteiger partial charge in [-0.05, 0) is 30.5 Å². The van der Waals surface area contributed by atoms with Crippen LogP contribution in [0.25, 0.3) is 16.9 Å². The van der Waals surface area contributed by atoms with Crippen LogP contribution in [0, 0.1) is 5.92 Å². The summed E-state index contributed by atoms with van der Waals surface area (Å²) in [5.74, 6) is -0.332. The Morgan fingerprint density at radius 2 is 1.92 bits per heavy atom. The maximum atomic E-state index is 9.76. The molecule has 0 radical (unpaired) electrons. The lowest BCUT2D eigenvalue weighted by molar-refractivity contribution is -0.138. The van der Waals surface area contributed by atoms with Gasteiger partial charge in [-0.1, -0.05) is 30.3 Å². The second kappa shape index (κ2) is 6.67. The molecule has 124 valence electrons. The van der Waals surface area contributed by atoms with Crippen molar-refractivity contribution in [2.45, 2.75) is 19.4 Å². The van der Waals surface area contributed by atoms with Crippen molar-refractivity contribution in [1.29, 1.82) is 0 Å². The maximum Gasteiger partial charge on any atom is 0.306 e. The fourth-order valence-corrected chi connectivity index (χ4v) is 2.28. The highest BCUT2D eigenvalue weighted by Crippen LogP contribution is 2.28. The van der Waals surface area contributed by atoms with Gasteiger partial charge in [-0.3, -0.25) is 4.79 Å². The van der Waals surface area contributed by atoms with Crippen molar-refractivity contribution in [2.75, 3.05) is 5.73 Å². The molecule has 0 atom stereocenters. The number of nitrogen functional groups attached to an aromatic ring is 1. The topological polar surface area (TPSA) is 120 Å². The molecule has 1 saturated carbocycles. The molecule has 2 heterocycles. The van der Waals surface area contributed by atoms with E-state index in [1.54, 1.807) is 4.52 Å². The largest absolute Gasteiger partial charge is 0.481 e. The molecule has 0 saturated heterocycles. The summed E-state index contributed by atoms with van der Waals surface area (Å²) in [7, 11) is 0. The third kappa shape index (κ3) is 3.52. The molecule has 7 nitrogen and oxygen atoms in total. The quantitative estimate of drug-likeness (QED) is 0.676. The summed E-state index contributed by atoms with van der Waals surface area (Å²) < 4.78 is 1.74. The summed E-state index contributed by atoms with van der Waals surface area (Å²) in [4.78, 5) is 13.9. The number of nitrogens with two attached hydrogens (primary N) is 2. The Morgan fingerprint density at radius 1 is 1.21 bits per heavy atom. The van der Waals surface area contributed by atoms with Gasteiger partial charge in [0.2, 0.25) is 5.95 Å². The molecular weight excluding hydrogens is 306 g/mol. The fourth-order valence-electron chi connectivity index (χ4n) is 2.28. The van der Waals surface area contributed by atoms with Crippen molar-refractivity contribution < 1.29 is 9.90 Å². The first kappa shape index (κ1) is 15.9. The second-order valence-electron chi connectivity index (χ2n) is 5.66. The van der Waals surface area contributed by atoms with Gasteiger partial charge in [-0.25, -0.2) is 4.52 Å². The van der Waals surface area contributed by atoms with Crippen LogP contribution >= 0.6 is 0 Å². The van der Waals surface area contributed by atoms with E-state index in [1.807, 2.05) is 42.5 Å². The van der Waals surface area contributed by atoms with Crippen molar-refractivity contribution in [3.05, 3.63) is 48.0 Å². The third-order valence-electron chi connectivity index (χ3n) is 3.79. The molecule has 0 spiro atoms. The van der Waals surface area contributed by atoms with Gasteiger partial charge in [-0.2, -0.15) is 4.98 Å². The highest BCUT2D eigenvalue weighted by Gasteiger charge is 2.28. The first-order valence-corrected chi connectivity index (χ1v) is 7.72. The van der Waals surface area contributed by atoms with Gasteiger partial charge in [-0.15, -0.1) is 5.10 Å². The first-order chi connectivity index (χ1) is 11.6. The van der Waals surface area contributed by atoms with E-state index in [0.717, 1.165) is 35.3 Å². The lowest BCUT2D eigenvalue weighted by Gasteiger charge is -2.05. The summed E-state index contributed by atoms with van der Waals surface area (Å²) >= 11 is 0. The molecule has 0 aliphatic heterocycles. The van der Waals surface area contributed by atoms with Crippen molar-refractivity contribution >= 4 is 17.6 Å². The molecule has 5 N–H and O–H groups in total. The van der Waals surface area contributed by atoms with E-state index in [-0.39, 0.29) is 11.9 Å². The van der Waals surface area contributed by atoms with Gasteiger partial charge >= 0.3 is 5.97 Å². The number of rotatable bonds is 3. The highest BCUT2D eigenvalue weighted by atomic mass is 16.4. The average Bonchev–Trinajstić information content (AvgIpc) is 3.37. The van der Waals surface area contributed by atoms with Crippen LogP contribution in [0.4, 0.5) is 5.95 Å². The Kier molecular flexibility index (Phi) is 4.43. The SMILES string of the molecule is NCc1ccc(-c2cccc3nc(N)nn23)cc1.O=C(O)C1CC1. The number of aliphatic carboxylic acids is 1. The number of pyridine rings is 1. The zero-order chi connectivity index (χ0) is 17.1. The number of aromatic nitrogens is 3. The van der Waals surface area contributed by atoms with E-state index in [2.05, 4.69) is 10.1 Å². The van der Waals surface area contributed by atoms with E-state index in [4.69, 9.17) is 16.6 Å². The van der Waals surface area contributed by atoms with Crippen LogP contribution in [-0.2, 0) is 11.3 Å². The molecule has 1 aliphatic rings. The molecular formula is C17H19N5O2. The number of hydrogen-bond acceptors (Lipinski definition) is 5. The van der Waals surface area contributed by atoms with Crippen LogP contribution < -0.4 is 11.5 Å². The number of nitrogens with zero attached hydrogens (tertiary/aromatic N) is 3. The average molecular weight is 325 g/mol. The lowest BCUT2D eigenvalue weighted by atomic mass is 10.1. The normalized spacial score (nSPS) is 13.4. The summed E-state index contributed by atoms with van der Waals surface area (Å²) in [6.07, 6.45) is 1.80. The Balaban J connectivity index is 0.000000238. The van der Waals surface area contributed by atoms with E-state index in [0.29, 0.717) is 6.54 Å². The molecule has 2 aromatic heterocycles. The standard InChI is InChI=1S/C13H13N5.C4H6O2/c14-8-9-4-6-10(7-5-9)11-2-1-3-12-16-13(15)17-18(11)12;5-4(6)3-1-2-3/h1-7H,8,14H2,(H2,15,17);3H,1-2H2,(H,5,6). The number of anilines is 1. The fraction of sp³-hybridized carbons (Fsp3) is 0.235. The molecule has 24 heavy (non-hydrogen) atoms. The lowest BCUT2D eigenvalue weighted by Crippen LogP contribution is -1.97. The minimum Gasteiger partial charge on any atom is -0.481 e. The van der Waals surface area contributed by atoms with Crippen molar-refractivity contribution in [2.24, 2.45) is 11.7 Å². The van der Waals surface area contributed by atoms with E-state index >= 15 is 0 Å². The summed E-state index contributed by atoms with van der Waals surface area (Å²) in [5.41, 5.74) is 15.1. The summed E-state index contributed by atoms with van der Waals surface area (Å²) in [6.45, 7) is 0.542. The maximum absolute atomic E-state index is 9.76. The van der Waals surface area contributed by atoms with E-state index < -0.39 is 5.97 Å². The molecule has 1 aromatic carbocycles. The van der Waals surface area contributed by atoms with Crippen molar-refractivity contribution in [3.8, 4) is 11.3 Å². The van der Waals surface area contributed by atoms with Gasteiger partial charge < -0.3 is 16.6 Å². The van der Waals surface area contributed by atoms with Crippen LogP contribution in [0.5, 0.6) is 0 Å². The van der Waals surface area contributed by atoms with Crippen molar-refractivity contribution in [3.63, 3.8) is 0 Å². The van der Waals surface area contributed by atoms with Gasteiger partial charge in [0.25, 0.3) is 0 Å². The zero-order valence-electron chi connectivity index (χ0n) is 13.1. The molecule has 7 heteroatoms. The minimum absolute atomic E-state index is 0.0185. The Labute approximate surface area is 138 Å². The van der Waals surface area contributed by atoms with Crippen LogP contribution in [-0.4, -0.2) is 25.7 Å². The van der Waals surface area contributed by atoms with Crippen molar-refractivity contribution in [1.82, 2.24) is 14.6 Å².